The van der Waals surface area contributed by atoms with Crippen molar-refractivity contribution in [3.05, 3.63) is 100 Å². The number of hydrogen-bond acceptors (Lipinski definition) is 4. The highest BCUT2D eigenvalue weighted by molar-refractivity contribution is 9.10. The molecule has 1 amide bonds. The Morgan fingerprint density at radius 1 is 1.00 bits per heavy atom. The second kappa shape index (κ2) is 8.59. The van der Waals surface area contributed by atoms with Gasteiger partial charge in [0.2, 0.25) is 0 Å². The number of nitrogens with one attached hydrogen (secondary N) is 1. The topological polar surface area (TPSA) is 62.2 Å². The molecule has 0 fully saturated rings. The van der Waals surface area contributed by atoms with Crippen LogP contribution in [0.25, 0.3) is 10.4 Å². The van der Waals surface area contributed by atoms with Crippen molar-refractivity contribution in [2.45, 2.75) is 6.42 Å². The van der Waals surface area contributed by atoms with Crippen LogP contribution >= 0.6 is 27.3 Å². The van der Waals surface area contributed by atoms with Gasteiger partial charge in [0.25, 0.3) is 5.91 Å². The number of thiazole rings is 1. The molecule has 6 heteroatoms. The Kier molecular flexibility index (Phi) is 5.74. The minimum absolute atomic E-state index is 0.0740. The van der Waals surface area contributed by atoms with E-state index in [4.69, 9.17) is 4.98 Å². The first kappa shape index (κ1) is 19.4. The summed E-state index contributed by atoms with van der Waals surface area (Å²) in [5, 5.41) is 13.3. The van der Waals surface area contributed by atoms with E-state index in [0.717, 1.165) is 21.7 Å². The Morgan fingerprint density at radius 3 is 2.41 bits per heavy atom. The van der Waals surface area contributed by atoms with Gasteiger partial charge in [-0.1, -0.05) is 87.9 Å². The van der Waals surface area contributed by atoms with Crippen molar-refractivity contribution in [3.8, 4) is 16.2 Å². The summed E-state index contributed by atoms with van der Waals surface area (Å²) in [5.41, 5.74) is 3.31. The number of benzene rings is 3. The van der Waals surface area contributed by atoms with Crippen LogP contribution in [0.15, 0.2) is 83.3 Å². The van der Waals surface area contributed by atoms with E-state index in [1.54, 1.807) is 12.1 Å². The van der Waals surface area contributed by atoms with Crippen molar-refractivity contribution in [1.29, 1.82) is 0 Å². The van der Waals surface area contributed by atoms with Crippen molar-refractivity contribution in [3.63, 3.8) is 0 Å². The van der Waals surface area contributed by atoms with Gasteiger partial charge in [0.15, 0.2) is 5.13 Å². The van der Waals surface area contributed by atoms with E-state index >= 15 is 0 Å². The van der Waals surface area contributed by atoms with Gasteiger partial charge in [-0.2, -0.15) is 0 Å². The molecule has 0 saturated carbocycles. The molecule has 0 bridgehead atoms. The standard InChI is InChI=1S/C23H17BrN2O2S/c24-17-11-12-20(27)18(14-17)22(28)26-23-25-19(13-15-7-3-1-4-8-15)21(29-23)16-9-5-2-6-10-16/h1-12,14,27H,13H2,(H,25,26,28). The lowest BCUT2D eigenvalue weighted by atomic mass is 10.1. The summed E-state index contributed by atoms with van der Waals surface area (Å²) in [7, 11) is 0. The smallest absolute Gasteiger partial charge is 0.261 e. The molecule has 4 aromatic rings. The fourth-order valence-corrected chi connectivity index (χ4v) is 4.33. The number of aromatic hydroxyl groups is 1. The first-order valence-electron chi connectivity index (χ1n) is 8.99. The molecule has 0 aliphatic carbocycles. The van der Waals surface area contributed by atoms with Gasteiger partial charge in [0.05, 0.1) is 16.1 Å². The second-order valence-electron chi connectivity index (χ2n) is 6.44. The molecule has 0 atom stereocenters. The largest absolute Gasteiger partial charge is 0.507 e. The molecule has 4 nitrogen and oxygen atoms in total. The molecule has 0 saturated heterocycles. The first-order chi connectivity index (χ1) is 14.1. The zero-order valence-corrected chi connectivity index (χ0v) is 17.7. The molecule has 3 aromatic carbocycles. The SMILES string of the molecule is O=C(Nc1nc(Cc2ccccc2)c(-c2ccccc2)s1)c1cc(Br)ccc1O. The van der Waals surface area contributed by atoms with Gasteiger partial charge in [-0.3, -0.25) is 10.1 Å². The highest BCUT2D eigenvalue weighted by atomic mass is 79.9. The maximum Gasteiger partial charge on any atom is 0.261 e. The van der Waals surface area contributed by atoms with E-state index in [2.05, 4.69) is 33.4 Å². The molecule has 2 N–H and O–H groups in total. The Bertz CT molecular complexity index is 1140. The second-order valence-corrected chi connectivity index (χ2v) is 8.35. The number of phenols is 1. The van der Waals surface area contributed by atoms with Crippen LogP contribution in [-0.2, 0) is 6.42 Å². The van der Waals surface area contributed by atoms with Crippen LogP contribution in [0.5, 0.6) is 5.75 Å². The Labute approximate surface area is 181 Å². The molecule has 0 radical (unpaired) electrons. The predicted molar refractivity (Wildman–Crippen MR) is 121 cm³/mol. The number of aromatic nitrogens is 1. The van der Waals surface area contributed by atoms with Crippen LogP contribution in [0, 0.1) is 0 Å². The van der Waals surface area contributed by atoms with E-state index in [-0.39, 0.29) is 11.3 Å². The van der Waals surface area contributed by atoms with E-state index < -0.39 is 5.91 Å². The highest BCUT2D eigenvalue weighted by Gasteiger charge is 2.18. The van der Waals surface area contributed by atoms with Gasteiger partial charge in [-0.25, -0.2) is 4.98 Å². The van der Waals surface area contributed by atoms with Gasteiger partial charge >= 0.3 is 0 Å². The van der Waals surface area contributed by atoms with Gasteiger partial charge in [-0.05, 0) is 29.3 Å². The van der Waals surface area contributed by atoms with Crippen LogP contribution in [0.4, 0.5) is 5.13 Å². The lowest BCUT2D eigenvalue weighted by molar-refractivity contribution is 0.102. The zero-order valence-electron chi connectivity index (χ0n) is 15.3. The predicted octanol–water partition coefficient (Wildman–Crippen LogP) is 6.12. The molecule has 144 valence electrons. The monoisotopic (exact) mass is 464 g/mol. The number of nitrogens with zero attached hydrogens (tertiary/aromatic N) is 1. The number of anilines is 1. The van der Waals surface area contributed by atoms with Gasteiger partial charge in [0, 0.05) is 10.9 Å². The third-order valence-corrected chi connectivity index (χ3v) is 5.93. The molecule has 0 spiro atoms. The quantitative estimate of drug-likeness (QED) is 0.373. The fraction of sp³-hybridized carbons (Fsp3) is 0.0435. The highest BCUT2D eigenvalue weighted by Crippen LogP contribution is 2.35. The molecular formula is C23H17BrN2O2S. The normalized spacial score (nSPS) is 10.7. The van der Waals surface area contributed by atoms with Crippen LogP contribution in [0.2, 0.25) is 0 Å². The number of amides is 1. The average molecular weight is 465 g/mol. The maximum absolute atomic E-state index is 12.7. The molecule has 29 heavy (non-hydrogen) atoms. The fourth-order valence-electron chi connectivity index (χ4n) is 2.98. The lowest BCUT2D eigenvalue weighted by Crippen LogP contribution is -2.12. The van der Waals surface area contributed by atoms with Crippen molar-refractivity contribution < 1.29 is 9.90 Å². The van der Waals surface area contributed by atoms with E-state index in [1.807, 2.05) is 48.5 Å². The summed E-state index contributed by atoms with van der Waals surface area (Å²) >= 11 is 4.76. The van der Waals surface area contributed by atoms with Crippen LogP contribution in [-0.4, -0.2) is 16.0 Å². The third-order valence-electron chi connectivity index (χ3n) is 4.37. The van der Waals surface area contributed by atoms with Crippen LogP contribution in [0.1, 0.15) is 21.6 Å². The number of hydrogen-bond donors (Lipinski definition) is 2. The summed E-state index contributed by atoms with van der Waals surface area (Å²) in [6.07, 6.45) is 0.666. The van der Waals surface area contributed by atoms with Crippen molar-refractivity contribution in [2.75, 3.05) is 5.32 Å². The third kappa shape index (κ3) is 4.55. The average Bonchev–Trinajstić information content (AvgIpc) is 3.13. The van der Waals surface area contributed by atoms with Crippen LogP contribution < -0.4 is 5.32 Å². The Morgan fingerprint density at radius 2 is 1.69 bits per heavy atom. The van der Waals surface area contributed by atoms with Crippen molar-refractivity contribution >= 4 is 38.3 Å². The van der Waals surface area contributed by atoms with E-state index in [1.165, 1.54) is 17.4 Å². The first-order valence-corrected chi connectivity index (χ1v) is 10.6. The van der Waals surface area contributed by atoms with Gasteiger partial charge in [-0.15, -0.1) is 0 Å². The molecule has 4 rings (SSSR count). The van der Waals surface area contributed by atoms with E-state index in [0.29, 0.717) is 16.0 Å². The summed E-state index contributed by atoms with van der Waals surface area (Å²) < 4.78 is 0.717. The summed E-state index contributed by atoms with van der Waals surface area (Å²) in [6, 6.07) is 24.9. The molecule has 0 unspecified atom stereocenters. The minimum Gasteiger partial charge on any atom is -0.507 e. The van der Waals surface area contributed by atoms with E-state index in [9.17, 15) is 9.90 Å². The number of halogens is 1. The molecule has 1 heterocycles. The summed E-state index contributed by atoms with van der Waals surface area (Å²) in [5.74, 6) is -0.474. The number of carbonyl (C=O) groups is 1. The molecule has 1 aromatic heterocycles. The molecular weight excluding hydrogens is 448 g/mol. The van der Waals surface area contributed by atoms with Crippen molar-refractivity contribution in [1.82, 2.24) is 4.98 Å². The Hall–Kier alpha value is -2.96. The van der Waals surface area contributed by atoms with Gasteiger partial charge < -0.3 is 5.11 Å². The lowest BCUT2D eigenvalue weighted by Gasteiger charge is -2.04. The van der Waals surface area contributed by atoms with Crippen molar-refractivity contribution in [2.24, 2.45) is 0 Å². The maximum atomic E-state index is 12.7. The minimum atomic E-state index is -0.400. The number of phenolic OH excluding ortho intramolecular Hbond substituents is 1. The van der Waals surface area contributed by atoms with Crippen LogP contribution in [0.3, 0.4) is 0 Å². The number of carbonyl (C=O) groups excluding carboxylic acids is 1. The zero-order chi connectivity index (χ0) is 20.2. The van der Waals surface area contributed by atoms with Gasteiger partial charge in [0.1, 0.15) is 5.75 Å². The molecule has 0 aliphatic rings. The Balaban J connectivity index is 1.67. The summed E-state index contributed by atoms with van der Waals surface area (Å²) in [6.45, 7) is 0. The molecule has 0 aliphatic heterocycles. The number of rotatable bonds is 5. The summed E-state index contributed by atoms with van der Waals surface area (Å²) in [4.78, 5) is 18.4.